The zero-order valence-corrected chi connectivity index (χ0v) is 11.7. The lowest BCUT2D eigenvalue weighted by molar-refractivity contribution is -0.138. The molecule has 2 heterocycles. The number of aromatic amines is 1. The summed E-state index contributed by atoms with van der Waals surface area (Å²) in [5, 5.41) is 15.0. The van der Waals surface area contributed by atoms with Crippen LogP contribution in [0.15, 0.2) is 22.0 Å². The van der Waals surface area contributed by atoms with Crippen molar-refractivity contribution in [2.75, 3.05) is 11.6 Å². The van der Waals surface area contributed by atoms with Gasteiger partial charge in [-0.2, -0.15) is 5.10 Å². The Labute approximate surface area is 125 Å². The standard InChI is InChI=1S/C15H14N4O3/c20-13-11-4-8-2-1-3-9(8)5-12(11)17-15(18-13)19-7-10(6-16-19)14(21)22/h4-6,10H,1-3,7H2,(H,21,22)(H,17,18,20)/t10-/m0/s1. The molecule has 1 aliphatic carbocycles. The van der Waals surface area contributed by atoms with Crippen LogP contribution < -0.4 is 10.6 Å². The number of nitrogens with zero attached hydrogens (tertiary/aromatic N) is 3. The number of H-pyrrole nitrogens is 1. The van der Waals surface area contributed by atoms with Gasteiger partial charge in [-0.3, -0.25) is 14.6 Å². The third-order valence-electron chi connectivity index (χ3n) is 4.22. The molecule has 2 aromatic rings. The highest BCUT2D eigenvalue weighted by Gasteiger charge is 2.26. The van der Waals surface area contributed by atoms with Gasteiger partial charge in [0.05, 0.1) is 17.4 Å². The largest absolute Gasteiger partial charge is 0.481 e. The second kappa shape index (κ2) is 4.66. The molecule has 1 aliphatic heterocycles. The molecule has 22 heavy (non-hydrogen) atoms. The lowest BCUT2D eigenvalue weighted by Gasteiger charge is -2.14. The van der Waals surface area contributed by atoms with Gasteiger partial charge in [0, 0.05) is 6.21 Å². The number of carbonyl (C=O) groups is 1. The van der Waals surface area contributed by atoms with Crippen molar-refractivity contribution < 1.29 is 9.90 Å². The molecule has 1 aromatic heterocycles. The van der Waals surface area contributed by atoms with Crippen molar-refractivity contribution >= 4 is 29.0 Å². The molecular formula is C15H14N4O3. The van der Waals surface area contributed by atoms with Crippen LogP contribution >= 0.6 is 0 Å². The Morgan fingerprint density at radius 2 is 2.09 bits per heavy atom. The zero-order valence-electron chi connectivity index (χ0n) is 11.7. The van der Waals surface area contributed by atoms with E-state index in [1.54, 1.807) is 0 Å². The SMILES string of the molecule is O=C(O)[C@H]1C=NN(c2nc3cc4c(cc3c(=O)[nH]2)CCC4)C1. The zero-order chi connectivity index (χ0) is 15.3. The maximum atomic E-state index is 12.3. The molecule has 0 spiro atoms. The Morgan fingerprint density at radius 3 is 2.82 bits per heavy atom. The summed E-state index contributed by atoms with van der Waals surface area (Å²) in [5.41, 5.74) is 2.87. The lowest BCUT2D eigenvalue weighted by atomic mass is 10.1. The van der Waals surface area contributed by atoms with Crippen molar-refractivity contribution in [1.29, 1.82) is 0 Å². The van der Waals surface area contributed by atoms with Crippen LogP contribution in [0, 0.1) is 5.92 Å². The van der Waals surface area contributed by atoms with Crippen LogP contribution in [0.5, 0.6) is 0 Å². The molecule has 1 aromatic carbocycles. The molecule has 112 valence electrons. The number of aromatic nitrogens is 2. The van der Waals surface area contributed by atoms with E-state index >= 15 is 0 Å². The van der Waals surface area contributed by atoms with E-state index in [1.165, 1.54) is 22.4 Å². The van der Waals surface area contributed by atoms with E-state index in [1.807, 2.05) is 12.1 Å². The van der Waals surface area contributed by atoms with Gasteiger partial charge >= 0.3 is 5.97 Å². The first-order chi connectivity index (χ1) is 10.6. The third kappa shape index (κ3) is 1.97. The van der Waals surface area contributed by atoms with Crippen LogP contribution in [0.2, 0.25) is 0 Å². The number of aryl methyl sites for hydroxylation is 2. The fourth-order valence-corrected chi connectivity index (χ4v) is 3.04. The van der Waals surface area contributed by atoms with Gasteiger partial charge in [0.25, 0.3) is 5.56 Å². The quantitative estimate of drug-likeness (QED) is 0.859. The number of aliphatic carboxylic acids is 1. The van der Waals surface area contributed by atoms with Crippen LogP contribution in [-0.2, 0) is 17.6 Å². The Hall–Kier alpha value is -2.70. The number of carboxylic acid groups (broad SMARTS) is 1. The molecule has 2 aliphatic rings. The molecule has 4 rings (SSSR count). The molecule has 0 unspecified atom stereocenters. The van der Waals surface area contributed by atoms with E-state index in [9.17, 15) is 9.59 Å². The number of carboxylic acids is 1. The maximum Gasteiger partial charge on any atom is 0.313 e. The predicted molar refractivity (Wildman–Crippen MR) is 81.4 cm³/mol. The summed E-state index contributed by atoms with van der Waals surface area (Å²) in [6.07, 6.45) is 4.48. The van der Waals surface area contributed by atoms with Crippen LogP contribution in [0.3, 0.4) is 0 Å². The van der Waals surface area contributed by atoms with Gasteiger partial charge in [-0.25, -0.2) is 9.99 Å². The number of hydrazone groups is 1. The van der Waals surface area contributed by atoms with Crippen molar-refractivity contribution in [2.45, 2.75) is 19.3 Å². The maximum absolute atomic E-state index is 12.3. The molecule has 0 radical (unpaired) electrons. The van der Waals surface area contributed by atoms with Crippen LogP contribution in [0.1, 0.15) is 17.5 Å². The van der Waals surface area contributed by atoms with Gasteiger partial charge in [0.1, 0.15) is 5.92 Å². The van der Waals surface area contributed by atoms with E-state index < -0.39 is 11.9 Å². The molecule has 7 heteroatoms. The van der Waals surface area contributed by atoms with Crippen molar-refractivity contribution in [3.05, 3.63) is 33.6 Å². The first-order valence-corrected chi connectivity index (χ1v) is 7.22. The smallest absolute Gasteiger partial charge is 0.313 e. The van der Waals surface area contributed by atoms with Crippen LogP contribution in [0.25, 0.3) is 10.9 Å². The second-order valence-electron chi connectivity index (χ2n) is 5.67. The van der Waals surface area contributed by atoms with Crippen LogP contribution in [0.4, 0.5) is 5.95 Å². The van der Waals surface area contributed by atoms with Gasteiger partial charge in [-0.05, 0) is 42.5 Å². The number of hydrogen-bond donors (Lipinski definition) is 2. The predicted octanol–water partition coefficient (Wildman–Crippen LogP) is 0.918. The molecular weight excluding hydrogens is 284 g/mol. The van der Waals surface area contributed by atoms with Gasteiger partial charge in [-0.1, -0.05) is 0 Å². The van der Waals surface area contributed by atoms with Gasteiger partial charge in [0.2, 0.25) is 5.95 Å². The monoisotopic (exact) mass is 298 g/mol. The Morgan fingerprint density at radius 1 is 1.32 bits per heavy atom. The number of anilines is 1. The highest BCUT2D eigenvalue weighted by Crippen LogP contribution is 2.26. The number of nitrogens with one attached hydrogen (secondary N) is 1. The van der Waals surface area contributed by atoms with Crippen molar-refractivity contribution in [3.63, 3.8) is 0 Å². The summed E-state index contributed by atoms with van der Waals surface area (Å²) in [5.74, 6) is -1.33. The first-order valence-electron chi connectivity index (χ1n) is 7.22. The minimum absolute atomic E-state index is 0.175. The lowest BCUT2D eigenvalue weighted by Crippen LogP contribution is -2.26. The Bertz CT molecular complexity index is 871. The number of benzene rings is 1. The second-order valence-corrected chi connectivity index (χ2v) is 5.67. The third-order valence-corrected chi connectivity index (χ3v) is 4.22. The summed E-state index contributed by atoms with van der Waals surface area (Å²) in [6, 6.07) is 3.88. The first kappa shape index (κ1) is 13.0. The molecule has 0 saturated carbocycles. The molecule has 0 amide bonds. The summed E-state index contributed by atoms with van der Waals surface area (Å²) >= 11 is 0. The molecule has 7 nitrogen and oxygen atoms in total. The Kier molecular flexibility index (Phi) is 2.75. The average Bonchev–Trinajstić information content (AvgIpc) is 3.14. The fraction of sp³-hybridized carbons (Fsp3) is 0.333. The fourth-order valence-electron chi connectivity index (χ4n) is 3.04. The van der Waals surface area contributed by atoms with Crippen molar-refractivity contribution in [1.82, 2.24) is 9.97 Å². The Balaban J connectivity index is 1.78. The molecule has 1 atom stereocenters. The normalized spacial score (nSPS) is 19.8. The summed E-state index contributed by atoms with van der Waals surface area (Å²) in [4.78, 5) is 30.4. The average molecular weight is 298 g/mol. The van der Waals surface area contributed by atoms with Gasteiger partial charge in [0.15, 0.2) is 0 Å². The summed E-state index contributed by atoms with van der Waals surface area (Å²) in [7, 11) is 0. The molecule has 0 saturated heterocycles. The van der Waals surface area contributed by atoms with Gasteiger partial charge < -0.3 is 5.11 Å². The minimum Gasteiger partial charge on any atom is -0.481 e. The van der Waals surface area contributed by atoms with E-state index in [0.717, 1.165) is 19.3 Å². The minimum atomic E-state index is -0.938. The number of rotatable bonds is 2. The highest BCUT2D eigenvalue weighted by atomic mass is 16.4. The van der Waals surface area contributed by atoms with Crippen LogP contribution in [-0.4, -0.2) is 33.8 Å². The molecule has 0 bridgehead atoms. The number of fused-ring (bicyclic) bond motifs is 2. The summed E-state index contributed by atoms with van der Waals surface area (Å²) in [6.45, 7) is 0.175. The molecule has 2 N–H and O–H groups in total. The van der Waals surface area contributed by atoms with Crippen molar-refractivity contribution in [3.8, 4) is 0 Å². The molecule has 0 fully saturated rings. The van der Waals surface area contributed by atoms with E-state index in [-0.39, 0.29) is 18.1 Å². The number of hydrogen-bond acceptors (Lipinski definition) is 5. The van der Waals surface area contributed by atoms with E-state index in [2.05, 4.69) is 15.1 Å². The van der Waals surface area contributed by atoms with E-state index in [0.29, 0.717) is 10.9 Å². The highest BCUT2D eigenvalue weighted by molar-refractivity contribution is 5.91. The van der Waals surface area contributed by atoms with Crippen molar-refractivity contribution in [2.24, 2.45) is 11.0 Å². The summed E-state index contributed by atoms with van der Waals surface area (Å²) < 4.78 is 0. The van der Waals surface area contributed by atoms with E-state index in [4.69, 9.17) is 5.11 Å². The topological polar surface area (TPSA) is 98.6 Å². The van der Waals surface area contributed by atoms with Gasteiger partial charge in [-0.15, -0.1) is 0 Å².